The van der Waals surface area contributed by atoms with Crippen molar-refractivity contribution in [3.05, 3.63) is 63.9 Å². The van der Waals surface area contributed by atoms with Crippen molar-refractivity contribution in [2.45, 2.75) is 27.0 Å². The first-order valence-electron chi connectivity index (χ1n) is 6.97. The van der Waals surface area contributed by atoms with Gasteiger partial charge in [0.1, 0.15) is 18.2 Å². The lowest BCUT2D eigenvalue weighted by molar-refractivity contribution is 0.300. The molecule has 0 bridgehead atoms. The summed E-state index contributed by atoms with van der Waals surface area (Å²) in [7, 11) is 0. The van der Waals surface area contributed by atoms with Crippen molar-refractivity contribution in [3.8, 4) is 5.75 Å². The van der Waals surface area contributed by atoms with Crippen molar-refractivity contribution in [1.82, 2.24) is 5.32 Å². The fourth-order valence-corrected chi connectivity index (χ4v) is 2.31. The number of ether oxygens (including phenoxy) is 1. The van der Waals surface area contributed by atoms with Crippen molar-refractivity contribution in [1.29, 1.82) is 0 Å². The number of halogens is 2. The Balaban J connectivity index is 2.13. The van der Waals surface area contributed by atoms with Crippen molar-refractivity contribution < 1.29 is 9.13 Å². The minimum atomic E-state index is -0.413. The number of rotatable bonds is 6. The van der Waals surface area contributed by atoms with Crippen LogP contribution < -0.4 is 10.1 Å². The molecule has 0 aromatic heterocycles. The highest BCUT2D eigenvalue weighted by Crippen LogP contribution is 2.25. The van der Waals surface area contributed by atoms with E-state index in [9.17, 15) is 4.39 Å². The van der Waals surface area contributed by atoms with E-state index in [1.54, 1.807) is 12.1 Å². The zero-order chi connectivity index (χ0) is 15.2. The molecule has 2 aromatic rings. The van der Waals surface area contributed by atoms with Crippen LogP contribution in [0.5, 0.6) is 5.75 Å². The third-order valence-corrected chi connectivity index (χ3v) is 3.52. The van der Waals surface area contributed by atoms with Gasteiger partial charge in [0.2, 0.25) is 0 Å². The number of nitrogens with one attached hydrogen (secondary N) is 1. The van der Waals surface area contributed by atoms with Crippen molar-refractivity contribution >= 4 is 11.6 Å². The van der Waals surface area contributed by atoms with Gasteiger partial charge in [0.05, 0.1) is 5.02 Å². The topological polar surface area (TPSA) is 21.3 Å². The largest absolute Gasteiger partial charge is 0.488 e. The van der Waals surface area contributed by atoms with Gasteiger partial charge in [-0.1, -0.05) is 42.8 Å². The van der Waals surface area contributed by atoms with Gasteiger partial charge >= 0.3 is 0 Å². The summed E-state index contributed by atoms with van der Waals surface area (Å²) in [5.41, 5.74) is 3.04. The molecule has 2 aromatic carbocycles. The standard InChI is InChI=1S/C17H19ClFNO/c1-3-20-10-14-6-4-5-12(2)17(14)21-11-13-7-8-16(19)15(18)9-13/h4-9,20H,3,10-11H2,1-2H3. The van der Waals surface area contributed by atoms with Gasteiger partial charge in [-0.05, 0) is 36.7 Å². The van der Waals surface area contributed by atoms with Gasteiger partial charge in [-0.3, -0.25) is 0 Å². The van der Waals surface area contributed by atoms with Crippen molar-refractivity contribution in [3.63, 3.8) is 0 Å². The second-order valence-electron chi connectivity index (χ2n) is 4.88. The Kier molecular flexibility index (Phi) is 5.59. The molecule has 0 aliphatic rings. The fourth-order valence-electron chi connectivity index (χ4n) is 2.10. The van der Waals surface area contributed by atoms with Crippen molar-refractivity contribution in [2.75, 3.05) is 6.54 Å². The van der Waals surface area contributed by atoms with E-state index in [0.29, 0.717) is 6.61 Å². The number of para-hydroxylation sites is 1. The molecule has 2 rings (SSSR count). The fraction of sp³-hybridized carbons (Fsp3) is 0.294. The summed E-state index contributed by atoms with van der Waals surface area (Å²) < 4.78 is 19.1. The number of aryl methyl sites for hydroxylation is 1. The minimum Gasteiger partial charge on any atom is -0.488 e. The Morgan fingerprint density at radius 1 is 1.24 bits per heavy atom. The molecule has 0 fully saturated rings. The summed E-state index contributed by atoms with van der Waals surface area (Å²) >= 11 is 5.79. The SMILES string of the molecule is CCNCc1cccc(C)c1OCc1ccc(F)c(Cl)c1. The van der Waals surface area contributed by atoms with Crippen LogP contribution >= 0.6 is 11.6 Å². The first-order chi connectivity index (χ1) is 10.1. The summed E-state index contributed by atoms with van der Waals surface area (Å²) in [6.07, 6.45) is 0. The maximum atomic E-state index is 13.1. The van der Waals surface area contributed by atoms with Gasteiger partial charge in [0.15, 0.2) is 0 Å². The highest BCUT2D eigenvalue weighted by atomic mass is 35.5. The summed E-state index contributed by atoms with van der Waals surface area (Å²) in [6.45, 7) is 6.11. The average Bonchev–Trinajstić information content (AvgIpc) is 2.47. The molecule has 0 heterocycles. The molecule has 1 N–H and O–H groups in total. The molecule has 0 spiro atoms. The van der Waals surface area contributed by atoms with Crippen LogP contribution in [0.3, 0.4) is 0 Å². The molecular weight excluding hydrogens is 289 g/mol. The molecule has 4 heteroatoms. The van der Waals surface area contributed by atoms with E-state index in [-0.39, 0.29) is 5.02 Å². The molecule has 0 aliphatic carbocycles. The van der Waals surface area contributed by atoms with E-state index in [4.69, 9.17) is 16.3 Å². The van der Waals surface area contributed by atoms with E-state index in [0.717, 1.165) is 35.5 Å². The van der Waals surface area contributed by atoms with E-state index >= 15 is 0 Å². The third-order valence-electron chi connectivity index (χ3n) is 3.23. The quantitative estimate of drug-likeness (QED) is 0.850. The van der Waals surface area contributed by atoms with Crippen LogP contribution in [-0.4, -0.2) is 6.54 Å². The molecule has 2 nitrogen and oxygen atoms in total. The lowest BCUT2D eigenvalue weighted by Gasteiger charge is -2.14. The molecule has 21 heavy (non-hydrogen) atoms. The maximum Gasteiger partial charge on any atom is 0.141 e. The number of benzene rings is 2. The molecule has 112 valence electrons. The zero-order valence-electron chi connectivity index (χ0n) is 12.2. The van der Waals surface area contributed by atoms with Gasteiger partial charge < -0.3 is 10.1 Å². The van der Waals surface area contributed by atoms with Gasteiger partial charge in [0.25, 0.3) is 0 Å². The normalized spacial score (nSPS) is 10.7. The second kappa shape index (κ2) is 7.43. The number of hydrogen-bond acceptors (Lipinski definition) is 2. The first kappa shape index (κ1) is 15.8. The molecule has 0 saturated heterocycles. The van der Waals surface area contributed by atoms with Crippen LogP contribution in [-0.2, 0) is 13.2 Å². The molecule has 0 aliphatic heterocycles. The van der Waals surface area contributed by atoms with Gasteiger partial charge in [0, 0.05) is 12.1 Å². The smallest absolute Gasteiger partial charge is 0.141 e. The van der Waals surface area contributed by atoms with E-state index in [1.807, 2.05) is 25.1 Å². The molecule has 0 unspecified atom stereocenters. The lowest BCUT2D eigenvalue weighted by atomic mass is 10.1. The number of hydrogen-bond donors (Lipinski definition) is 1. The Morgan fingerprint density at radius 3 is 2.76 bits per heavy atom. The van der Waals surface area contributed by atoms with Gasteiger partial charge in [-0.2, -0.15) is 0 Å². The first-order valence-corrected chi connectivity index (χ1v) is 7.35. The highest BCUT2D eigenvalue weighted by molar-refractivity contribution is 6.30. The van der Waals surface area contributed by atoms with Crippen LogP contribution in [0.4, 0.5) is 4.39 Å². The summed E-state index contributed by atoms with van der Waals surface area (Å²) in [4.78, 5) is 0. The Hall–Kier alpha value is -1.58. The van der Waals surface area contributed by atoms with E-state index < -0.39 is 5.82 Å². The zero-order valence-corrected chi connectivity index (χ0v) is 13.0. The predicted molar refractivity (Wildman–Crippen MR) is 84.3 cm³/mol. The van der Waals surface area contributed by atoms with Crippen LogP contribution in [0.25, 0.3) is 0 Å². The second-order valence-corrected chi connectivity index (χ2v) is 5.29. The van der Waals surface area contributed by atoms with Crippen LogP contribution in [0.15, 0.2) is 36.4 Å². The molecule has 0 saturated carbocycles. The Morgan fingerprint density at radius 2 is 2.05 bits per heavy atom. The molecule has 0 amide bonds. The highest BCUT2D eigenvalue weighted by Gasteiger charge is 2.08. The molecular formula is C17H19ClFNO. The lowest BCUT2D eigenvalue weighted by Crippen LogP contribution is -2.13. The minimum absolute atomic E-state index is 0.119. The van der Waals surface area contributed by atoms with Crippen LogP contribution in [0.1, 0.15) is 23.6 Å². The summed E-state index contributed by atoms with van der Waals surface area (Å²) in [5.74, 6) is 0.461. The summed E-state index contributed by atoms with van der Waals surface area (Å²) in [6, 6.07) is 10.7. The van der Waals surface area contributed by atoms with Gasteiger partial charge in [-0.25, -0.2) is 4.39 Å². The van der Waals surface area contributed by atoms with Crippen LogP contribution in [0, 0.1) is 12.7 Å². The Bertz CT molecular complexity index is 616. The van der Waals surface area contributed by atoms with Crippen molar-refractivity contribution in [2.24, 2.45) is 0 Å². The summed E-state index contributed by atoms with van der Waals surface area (Å²) in [5, 5.41) is 3.42. The van der Waals surface area contributed by atoms with Crippen LogP contribution in [0.2, 0.25) is 5.02 Å². The molecule has 0 radical (unpaired) electrons. The van der Waals surface area contributed by atoms with E-state index in [1.165, 1.54) is 6.07 Å². The average molecular weight is 308 g/mol. The van der Waals surface area contributed by atoms with Gasteiger partial charge in [-0.15, -0.1) is 0 Å². The maximum absolute atomic E-state index is 13.1. The monoisotopic (exact) mass is 307 g/mol. The van der Waals surface area contributed by atoms with E-state index in [2.05, 4.69) is 12.2 Å². The predicted octanol–water partition coefficient (Wildman–Crippen LogP) is 4.48. The third kappa shape index (κ3) is 4.19. The molecule has 0 atom stereocenters. The Labute approximate surface area is 129 Å².